The number of carbonyl (C=O) groups is 1. The second-order valence-electron chi connectivity index (χ2n) is 5.11. The maximum atomic E-state index is 12.5. The van der Waals surface area contributed by atoms with Crippen LogP contribution in [0, 0.1) is 10.1 Å². The Hall–Kier alpha value is -3.73. The molecule has 0 atom stereocenters. The van der Waals surface area contributed by atoms with Crippen molar-refractivity contribution in [3.8, 4) is 11.4 Å². The van der Waals surface area contributed by atoms with Crippen molar-refractivity contribution in [1.82, 2.24) is 25.6 Å². The van der Waals surface area contributed by atoms with Gasteiger partial charge in [0.15, 0.2) is 0 Å². The topological polar surface area (TPSA) is 137 Å². The zero-order chi connectivity index (χ0) is 19.4. The minimum atomic E-state index is -0.602. The molecule has 2 aromatic carbocycles. The standard InChI is InChI=1S/C15H12ClN7O4/c1-27-14-7-13(22-8-17-20-21-22)10(16)6-9(14)15(24)19-18-11-4-2-3-5-12(11)23(25)26/h2-8,18H,1H3,(H,19,24). The van der Waals surface area contributed by atoms with Crippen LogP contribution in [0.1, 0.15) is 10.4 Å². The number of benzene rings is 2. The first-order valence-corrected chi connectivity index (χ1v) is 7.79. The van der Waals surface area contributed by atoms with Gasteiger partial charge in [-0.1, -0.05) is 23.7 Å². The second-order valence-corrected chi connectivity index (χ2v) is 5.52. The number of nitro groups is 1. The van der Waals surface area contributed by atoms with Gasteiger partial charge in [0.05, 0.1) is 28.3 Å². The molecule has 1 amide bonds. The van der Waals surface area contributed by atoms with Gasteiger partial charge in [0.1, 0.15) is 17.8 Å². The number of hydrogen-bond donors (Lipinski definition) is 2. The summed E-state index contributed by atoms with van der Waals surface area (Å²) in [6.07, 6.45) is 1.34. The molecule has 3 rings (SSSR count). The van der Waals surface area contributed by atoms with Gasteiger partial charge in [-0.2, -0.15) is 4.68 Å². The van der Waals surface area contributed by atoms with Gasteiger partial charge >= 0.3 is 0 Å². The highest BCUT2D eigenvalue weighted by molar-refractivity contribution is 6.33. The fraction of sp³-hybridized carbons (Fsp3) is 0.0667. The summed E-state index contributed by atoms with van der Waals surface area (Å²) in [5.41, 5.74) is 5.40. The van der Waals surface area contributed by atoms with Crippen LogP contribution < -0.4 is 15.6 Å². The van der Waals surface area contributed by atoms with Crippen molar-refractivity contribution in [3.05, 3.63) is 63.4 Å². The SMILES string of the molecule is COc1cc(-n2cnnn2)c(Cl)cc1C(=O)NNc1ccccc1[N+](=O)[O-]. The number of hydrogen-bond acceptors (Lipinski definition) is 8. The van der Waals surface area contributed by atoms with Crippen LogP contribution in [0.15, 0.2) is 42.7 Å². The van der Waals surface area contributed by atoms with Crippen LogP contribution in [0.4, 0.5) is 11.4 Å². The van der Waals surface area contributed by atoms with Crippen molar-refractivity contribution in [2.75, 3.05) is 12.5 Å². The summed E-state index contributed by atoms with van der Waals surface area (Å²) in [5, 5.41) is 22.0. The van der Waals surface area contributed by atoms with E-state index in [4.69, 9.17) is 16.3 Å². The number of nitrogens with zero attached hydrogens (tertiary/aromatic N) is 5. The number of nitro benzene ring substituents is 1. The summed E-state index contributed by atoms with van der Waals surface area (Å²) in [6.45, 7) is 0. The highest BCUT2D eigenvalue weighted by Gasteiger charge is 2.19. The molecular weight excluding hydrogens is 378 g/mol. The van der Waals surface area contributed by atoms with E-state index in [0.29, 0.717) is 5.69 Å². The Balaban J connectivity index is 1.85. The molecule has 2 N–H and O–H groups in total. The van der Waals surface area contributed by atoms with E-state index in [1.165, 1.54) is 48.5 Å². The number of tetrazole rings is 1. The summed E-state index contributed by atoms with van der Waals surface area (Å²) in [4.78, 5) is 23.0. The predicted molar refractivity (Wildman–Crippen MR) is 94.9 cm³/mol. The lowest BCUT2D eigenvalue weighted by Crippen LogP contribution is -2.30. The minimum Gasteiger partial charge on any atom is -0.496 e. The molecule has 0 aliphatic carbocycles. The number of anilines is 1. The zero-order valence-corrected chi connectivity index (χ0v) is 14.5. The van der Waals surface area contributed by atoms with Gasteiger partial charge in [-0.3, -0.25) is 25.8 Å². The van der Waals surface area contributed by atoms with Crippen molar-refractivity contribution < 1.29 is 14.5 Å². The molecule has 0 aliphatic rings. The predicted octanol–water partition coefficient (Wildman–Crippen LogP) is 1.99. The van der Waals surface area contributed by atoms with E-state index in [9.17, 15) is 14.9 Å². The number of aromatic nitrogens is 4. The first-order valence-electron chi connectivity index (χ1n) is 7.42. The molecule has 0 spiro atoms. The van der Waals surface area contributed by atoms with Crippen LogP contribution in [0.25, 0.3) is 5.69 Å². The van der Waals surface area contributed by atoms with Crippen LogP contribution in [-0.4, -0.2) is 38.1 Å². The van der Waals surface area contributed by atoms with Crippen molar-refractivity contribution in [2.45, 2.75) is 0 Å². The molecule has 0 radical (unpaired) electrons. The Morgan fingerprint density at radius 2 is 2.11 bits per heavy atom. The van der Waals surface area contributed by atoms with Gasteiger partial charge in [0.2, 0.25) is 0 Å². The van der Waals surface area contributed by atoms with E-state index < -0.39 is 10.8 Å². The first kappa shape index (κ1) is 18.1. The van der Waals surface area contributed by atoms with Crippen molar-refractivity contribution in [2.24, 2.45) is 0 Å². The summed E-state index contributed by atoms with van der Waals surface area (Å²) in [5.74, 6) is -0.387. The molecule has 11 nitrogen and oxygen atoms in total. The fourth-order valence-corrected chi connectivity index (χ4v) is 2.52. The molecule has 0 fully saturated rings. The van der Waals surface area contributed by atoms with E-state index in [2.05, 4.69) is 26.4 Å². The molecule has 0 bridgehead atoms. The molecular formula is C15H12ClN7O4. The van der Waals surface area contributed by atoms with Crippen LogP contribution in [0.2, 0.25) is 5.02 Å². The third-order valence-electron chi connectivity index (χ3n) is 3.52. The Bertz CT molecular complexity index is 994. The molecule has 1 aromatic heterocycles. The van der Waals surface area contributed by atoms with Crippen molar-refractivity contribution in [3.63, 3.8) is 0 Å². The molecule has 138 valence electrons. The van der Waals surface area contributed by atoms with Crippen LogP contribution in [0.3, 0.4) is 0 Å². The zero-order valence-electron chi connectivity index (χ0n) is 13.8. The van der Waals surface area contributed by atoms with Crippen molar-refractivity contribution in [1.29, 1.82) is 0 Å². The van der Waals surface area contributed by atoms with Crippen LogP contribution >= 0.6 is 11.6 Å². The highest BCUT2D eigenvalue weighted by atomic mass is 35.5. The number of nitrogens with one attached hydrogen (secondary N) is 2. The monoisotopic (exact) mass is 389 g/mol. The Morgan fingerprint density at radius 1 is 1.33 bits per heavy atom. The molecule has 1 heterocycles. The number of amides is 1. The number of rotatable bonds is 6. The average Bonchev–Trinajstić information content (AvgIpc) is 3.20. The number of ether oxygens (including phenoxy) is 1. The van der Waals surface area contributed by atoms with E-state index >= 15 is 0 Å². The third-order valence-corrected chi connectivity index (χ3v) is 3.82. The molecule has 27 heavy (non-hydrogen) atoms. The van der Waals surface area contributed by atoms with E-state index in [1.807, 2.05) is 0 Å². The summed E-state index contributed by atoms with van der Waals surface area (Å²) < 4.78 is 6.55. The van der Waals surface area contributed by atoms with Crippen LogP contribution in [0.5, 0.6) is 5.75 Å². The average molecular weight is 390 g/mol. The quantitative estimate of drug-likeness (QED) is 0.482. The number of carbonyl (C=O) groups excluding carboxylic acids is 1. The second kappa shape index (κ2) is 7.66. The lowest BCUT2D eigenvalue weighted by Gasteiger charge is -2.13. The number of hydrazine groups is 1. The number of para-hydroxylation sites is 2. The third kappa shape index (κ3) is 3.77. The van der Waals surface area contributed by atoms with Gasteiger partial charge in [0.25, 0.3) is 11.6 Å². The number of methoxy groups -OCH3 is 1. The normalized spacial score (nSPS) is 10.3. The van der Waals surface area contributed by atoms with Gasteiger partial charge in [0, 0.05) is 12.1 Å². The van der Waals surface area contributed by atoms with E-state index in [-0.39, 0.29) is 27.7 Å². The first-order chi connectivity index (χ1) is 13.0. The summed E-state index contributed by atoms with van der Waals surface area (Å²) in [6, 6.07) is 8.77. The van der Waals surface area contributed by atoms with Gasteiger partial charge in [-0.15, -0.1) is 5.10 Å². The Labute approximate surface area is 157 Å². The molecule has 3 aromatic rings. The van der Waals surface area contributed by atoms with E-state index in [0.717, 1.165) is 0 Å². The molecule has 0 saturated heterocycles. The highest BCUT2D eigenvalue weighted by Crippen LogP contribution is 2.29. The van der Waals surface area contributed by atoms with Gasteiger partial charge < -0.3 is 4.74 Å². The minimum absolute atomic E-state index is 0.116. The summed E-state index contributed by atoms with van der Waals surface area (Å²) >= 11 is 6.22. The molecule has 12 heteroatoms. The molecule has 0 aliphatic heterocycles. The Morgan fingerprint density at radius 3 is 2.78 bits per heavy atom. The maximum absolute atomic E-state index is 12.5. The lowest BCUT2D eigenvalue weighted by molar-refractivity contribution is -0.384. The molecule has 0 unspecified atom stereocenters. The van der Waals surface area contributed by atoms with Crippen molar-refractivity contribution >= 4 is 28.9 Å². The number of halogens is 1. The van der Waals surface area contributed by atoms with Gasteiger partial charge in [-0.25, -0.2) is 0 Å². The maximum Gasteiger partial charge on any atom is 0.294 e. The smallest absolute Gasteiger partial charge is 0.294 e. The fourth-order valence-electron chi connectivity index (χ4n) is 2.27. The largest absolute Gasteiger partial charge is 0.496 e. The summed E-state index contributed by atoms with van der Waals surface area (Å²) in [7, 11) is 1.39. The molecule has 0 saturated carbocycles. The Kier molecular flexibility index (Phi) is 5.13. The van der Waals surface area contributed by atoms with Gasteiger partial charge in [-0.05, 0) is 22.6 Å². The lowest BCUT2D eigenvalue weighted by atomic mass is 10.1. The van der Waals surface area contributed by atoms with E-state index in [1.54, 1.807) is 6.07 Å². The van der Waals surface area contributed by atoms with Crippen LogP contribution in [-0.2, 0) is 0 Å².